The number of carbonyl (C=O) groups is 1. The molecule has 8 nitrogen and oxygen atoms in total. The highest BCUT2D eigenvalue weighted by molar-refractivity contribution is 9.10. The van der Waals surface area contributed by atoms with Gasteiger partial charge in [-0.15, -0.1) is 0 Å². The van der Waals surface area contributed by atoms with Crippen LogP contribution in [0.1, 0.15) is 10.4 Å². The van der Waals surface area contributed by atoms with Crippen molar-refractivity contribution < 1.29 is 17.9 Å². The van der Waals surface area contributed by atoms with E-state index in [4.69, 9.17) is 4.74 Å². The summed E-state index contributed by atoms with van der Waals surface area (Å²) in [5.41, 5.74) is 0.456. The number of rotatable bonds is 4. The molecule has 4 rings (SSSR count). The number of amides is 1. The van der Waals surface area contributed by atoms with E-state index in [1.165, 1.54) is 23.9 Å². The number of morpholine rings is 1. The quantitative estimate of drug-likeness (QED) is 0.613. The molecular weight excluding hydrogens is 468 g/mol. The van der Waals surface area contributed by atoms with Gasteiger partial charge in [0.15, 0.2) is 5.03 Å². The van der Waals surface area contributed by atoms with Crippen molar-refractivity contribution in [3.05, 3.63) is 46.7 Å². The molecule has 3 heterocycles. The summed E-state index contributed by atoms with van der Waals surface area (Å²) >= 11 is 4.53. The zero-order valence-electron chi connectivity index (χ0n) is 14.5. The van der Waals surface area contributed by atoms with Crippen molar-refractivity contribution in [1.29, 1.82) is 0 Å². The molecule has 1 aliphatic heterocycles. The third kappa shape index (κ3) is 3.75. The van der Waals surface area contributed by atoms with Crippen molar-refractivity contribution in [1.82, 2.24) is 14.3 Å². The molecule has 0 spiro atoms. The van der Waals surface area contributed by atoms with Crippen LogP contribution in [0.2, 0.25) is 0 Å². The zero-order valence-corrected chi connectivity index (χ0v) is 17.7. The largest absolute Gasteiger partial charge is 0.378 e. The Morgan fingerprint density at radius 1 is 1.25 bits per heavy atom. The van der Waals surface area contributed by atoms with E-state index in [0.29, 0.717) is 40.9 Å². The minimum absolute atomic E-state index is 0.122. The van der Waals surface area contributed by atoms with Gasteiger partial charge < -0.3 is 9.64 Å². The number of benzene rings is 1. The molecule has 28 heavy (non-hydrogen) atoms. The summed E-state index contributed by atoms with van der Waals surface area (Å²) in [5.74, 6) is -0.253. The van der Waals surface area contributed by atoms with Crippen LogP contribution in [0.3, 0.4) is 0 Å². The van der Waals surface area contributed by atoms with Gasteiger partial charge in [-0.05, 0) is 35.8 Å². The molecule has 11 heteroatoms. The molecule has 146 valence electrons. The lowest BCUT2D eigenvalue weighted by Crippen LogP contribution is -2.41. The number of ether oxygens (including phenoxy) is 1. The van der Waals surface area contributed by atoms with E-state index < -0.39 is 10.0 Å². The van der Waals surface area contributed by atoms with Crippen molar-refractivity contribution in [3.8, 4) is 0 Å². The summed E-state index contributed by atoms with van der Waals surface area (Å²) in [7, 11) is -4.02. The second-order valence-electron chi connectivity index (χ2n) is 6.05. The fourth-order valence-electron chi connectivity index (χ4n) is 2.90. The molecule has 1 saturated heterocycles. The van der Waals surface area contributed by atoms with E-state index in [-0.39, 0.29) is 22.2 Å². The molecule has 1 aromatic carbocycles. The summed E-state index contributed by atoms with van der Waals surface area (Å²) in [6, 6.07) is 6.57. The number of carbonyl (C=O) groups excluding carboxylic acids is 1. The number of fused-ring (bicyclic) bond motifs is 1. The molecule has 0 aliphatic carbocycles. The highest BCUT2D eigenvalue weighted by Crippen LogP contribution is 2.28. The van der Waals surface area contributed by atoms with Gasteiger partial charge in [0.05, 0.1) is 40.7 Å². The van der Waals surface area contributed by atoms with Crippen molar-refractivity contribution in [3.63, 3.8) is 0 Å². The van der Waals surface area contributed by atoms with E-state index in [2.05, 4.69) is 30.0 Å². The van der Waals surface area contributed by atoms with Gasteiger partial charge in [0, 0.05) is 23.8 Å². The summed E-state index contributed by atoms with van der Waals surface area (Å²) in [6.45, 7) is 1.84. The molecule has 0 atom stereocenters. The minimum Gasteiger partial charge on any atom is -0.378 e. The zero-order chi connectivity index (χ0) is 19.7. The monoisotopic (exact) mass is 482 g/mol. The number of sulfonamides is 1. The molecule has 0 saturated carbocycles. The molecule has 1 amide bonds. The van der Waals surface area contributed by atoms with Crippen LogP contribution in [-0.2, 0) is 14.8 Å². The third-order valence-corrected chi connectivity index (χ3v) is 6.84. The standard InChI is InChI=1S/C17H15BrN4O4S2/c18-11-1-2-12(17(23)22-5-7-26-8-6-22)14(9-11)21-28(24,25)16-13-10-20-27-15(13)3-4-19-16/h1-4,9-10,21H,5-8H2. The maximum atomic E-state index is 13.0. The maximum absolute atomic E-state index is 13.0. The highest BCUT2D eigenvalue weighted by Gasteiger charge is 2.26. The van der Waals surface area contributed by atoms with E-state index in [9.17, 15) is 13.2 Å². The predicted molar refractivity (Wildman–Crippen MR) is 109 cm³/mol. The summed E-state index contributed by atoms with van der Waals surface area (Å²) < 4.78 is 39.2. The van der Waals surface area contributed by atoms with Crippen LogP contribution >= 0.6 is 27.5 Å². The van der Waals surface area contributed by atoms with Gasteiger partial charge in [-0.3, -0.25) is 9.52 Å². The number of nitrogens with one attached hydrogen (secondary N) is 1. The Labute approximate surface area is 173 Å². The Morgan fingerprint density at radius 3 is 2.82 bits per heavy atom. The van der Waals surface area contributed by atoms with Gasteiger partial charge >= 0.3 is 0 Å². The van der Waals surface area contributed by atoms with Crippen molar-refractivity contribution in [2.24, 2.45) is 0 Å². The van der Waals surface area contributed by atoms with Gasteiger partial charge in [-0.25, -0.2) is 4.98 Å². The van der Waals surface area contributed by atoms with E-state index >= 15 is 0 Å². The van der Waals surface area contributed by atoms with E-state index in [0.717, 1.165) is 0 Å². The Balaban J connectivity index is 1.72. The predicted octanol–water partition coefficient (Wildman–Crippen LogP) is 2.73. The molecule has 1 N–H and O–H groups in total. The first kappa shape index (κ1) is 19.2. The van der Waals surface area contributed by atoms with Crippen LogP contribution < -0.4 is 4.72 Å². The van der Waals surface area contributed by atoms with Crippen LogP contribution in [0, 0.1) is 0 Å². The SMILES string of the molecule is O=C(c1ccc(Br)cc1NS(=O)(=O)c1nccc2sncc12)N1CCOCC1. The molecule has 1 fully saturated rings. The van der Waals surface area contributed by atoms with Crippen molar-refractivity contribution in [2.45, 2.75) is 5.03 Å². The van der Waals surface area contributed by atoms with Crippen LogP contribution in [0.25, 0.3) is 10.1 Å². The second-order valence-corrected chi connectivity index (χ2v) is 9.40. The number of anilines is 1. The number of halogens is 1. The lowest BCUT2D eigenvalue weighted by molar-refractivity contribution is 0.0303. The number of hydrogen-bond acceptors (Lipinski definition) is 7. The van der Waals surface area contributed by atoms with Crippen LogP contribution in [0.15, 0.2) is 46.2 Å². The maximum Gasteiger partial charge on any atom is 0.280 e. The van der Waals surface area contributed by atoms with Crippen LogP contribution in [-0.4, -0.2) is 54.9 Å². The molecule has 0 unspecified atom stereocenters. The molecule has 3 aromatic rings. The second kappa shape index (κ2) is 7.74. The van der Waals surface area contributed by atoms with Crippen LogP contribution in [0.5, 0.6) is 0 Å². The Kier molecular flexibility index (Phi) is 5.32. The first-order chi connectivity index (χ1) is 13.5. The fraction of sp³-hybridized carbons (Fsp3) is 0.235. The third-order valence-electron chi connectivity index (χ3n) is 4.26. The van der Waals surface area contributed by atoms with Crippen molar-refractivity contribution in [2.75, 3.05) is 31.0 Å². The molecular formula is C17H15BrN4O4S2. The summed E-state index contributed by atoms with van der Waals surface area (Å²) in [6.07, 6.45) is 2.90. The topological polar surface area (TPSA) is 101 Å². The van der Waals surface area contributed by atoms with Gasteiger partial charge in [-0.2, -0.15) is 12.8 Å². The highest BCUT2D eigenvalue weighted by atomic mass is 79.9. The minimum atomic E-state index is -4.02. The smallest absolute Gasteiger partial charge is 0.280 e. The number of aromatic nitrogens is 2. The number of nitrogens with zero attached hydrogens (tertiary/aromatic N) is 3. The molecule has 0 radical (unpaired) electrons. The Morgan fingerprint density at radius 2 is 2.04 bits per heavy atom. The van der Waals surface area contributed by atoms with Gasteiger partial charge in [0.2, 0.25) is 0 Å². The van der Waals surface area contributed by atoms with Gasteiger partial charge in [0.1, 0.15) is 0 Å². The Hall–Kier alpha value is -2.08. The van der Waals surface area contributed by atoms with Gasteiger partial charge in [-0.1, -0.05) is 15.9 Å². The molecule has 2 aromatic heterocycles. The van der Waals surface area contributed by atoms with Gasteiger partial charge in [0.25, 0.3) is 15.9 Å². The van der Waals surface area contributed by atoms with E-state index in [1.807, 2.05) is 0 Å². The van der Waals surface area contributed by atoms with Crippen LogP contribution in [0.4, 0.5) is 5.69 Å². The summed E-state index contributed by atoms with van der Waals surface area (Å²) in [4.78, 5) is 18.6. The normalized spacial score (nSPS) is 15.0. The summed E-state index contributed by atoms with van der Waals surface area (Å²) in [5, 5.41) is 0.319. The Bertz CT molecular complexity index is 1140. The molecule has 0 bridgehead atoms. The first-order valence-corrected chi connectivity index (χ1v) is 11.4. The average Bonchev–Trinajstić information content (AvgIpc) is 3.16. The number of hydrogen-bond donors (Lipinski definition) is 1. The molecule has 1 aliphatic rings. The fourth-order valence-corrected chi connectivity index (χ4v) is 5.18. The lowest BCUT2D eigenvalue weighted by Gasteiger charge is -2.27. The van der Waals surface area contributed by atoms with Crippen molar-refractivity contribution >= 4 is 59.2 Å². The number of pyridine rings is 1. The average molecular weight is 483 g/mol. The first-order valence-electron chi connectivity index (χ1n) is 8.34. The lowest BCUT2D eigenvalue weighted by atomic mass is 10.1. The van der Waals surface area contributed by atoms with E-state index in [1.54, 1.807) is 29.2 Å².